The van der Waals surface area contributed by atoms with Crippen LogP contribution in [0.4, 0.5) is 0 Å². The first kappa shape index (κ1) is 11.6. The third kappa shape index (κ3) is 2.80. The first-order chi connectivity index (χ1) is 8.31. The Morgan fingerprint density at radius 2 is 2.18 bits per heavy atom. The zero-order valence-electron chi connectivity index (χ0n) is 9.85. The van der Waals surface area contributed by atoms with Crippen molar-refractivity contribution in [3.8, 4) is 6.07 Å². The highest BCUT2D eigenvalue weighted by Crippen LogP contribution is 2.15. The molecule has 0 saturated carbocycles. The fourth-order valence-electron chi connectivity index (χ4n) is 1.84. The van der Waals surface area contributed by atoms with E-state index in [0.29, 0.717) is 0 Å². The molecule has 1 N–H and O–H groups in total. The van der Waals surface area contributed by atoms with E-state index in [9.17, 15) is 0 Å². The Morgan fingerprint density at radius 3 is 3.00 bits per heavy atom. The summed E-state index contributed by atoms with van der Waals surface area (Å²) in [5.41, 5.74) is 2.28. The fraction of sp³-hybridized carbons (Fsp3) is 0.286. The Hall–Kier alpha value is -1.92. The molecule has 3 heteroatoms. The summed E-state index contributed by atoms with van der Waals surface area (Å²) in [5, 5.41) is 13.0. The number of fused-ring (bicyclic) bond motifs is 1. The van der Waals surface area contributed by atoms with Gasteiger partial charge in [0.15, 0.2) is 0 Å². The lowest BCUT2D eigenvalue weighted by Gasteiger charge is -2.08. The van der Waals surface area contributed by atoms with Crippen LogP contribution in [-0.4, -0.2) is 17.6 Å². The highest BCUT2D eigenvalue weighted by molar-refractivity contribution is 5.81. The molecule has 0 saturated heterocycles. The monoisotopic (exact) mass is 225 g/mol. The number of rotatable bonds is 4. The third-order valence-electron chi connectivity index (χ3n) is 2.75. The van der Waals surface area contributed by atoms with Gasteiger partial charge in [-0.15, -0.1) is 0 Å². The summed E-state index contributed by atoms with van der Waals surface area (Å²) in [5.74, 6) is 0. The number of nitriles is 1. The van der Waals surface area contributed by atoms with Gasteiger partial charge < -0.3 is 5.32 Å². The van der Waals surface area contributed by atoms with Crippen LogP contribution in [0.2, 0.25) is 0 Å². The van der Waals surface area contributed by atoms with Gasteiger partial charge in [0.2, 0.25) is 0 Å². The van der Waals surface area contributed by atoms with Crippen LogP contribution in [0, 0.1) is 11.3 Å². The van der Waals surface area contributed by atoms with Crippen molar-refractivity contribution in [2.24, 2.45) is 0 Å². The molecule has 1 aromatic heterocycles. The van der Waals surface area contributed by atoms with Crippen molar-refractivity contribution < 1.29 is 0 Å². The molecule has 1 atom stereocenters. The normalized spacial score (nSPS) is 12.2. The van der Waals surface area contributed by atoms with Crippen LogP contribution in [0.25, 0.3) is 10.9 Å². The van der Waals surface area contributed by atoms with Crippen LogP contribution < -0.4 is 5.32 Å². The zero-order valence-corrected chi connectivity index (χ0v) is 9.85. The number of nitrogens with one attached hydrogen (secondary N) is 1. The van der Waals surface area contributed by atoms with Crippen LogP contribution in [0.5, 0.6) is 0 Å². The van der Waals surface area contributed by atoms with Crippen molar-refractivity contribution in [3.63, 3.8) is 0 Å². The van der Waals surface area contributed by atoms with E-state index in [0.717, 1.165) is 18.5 Å². The predicted octanol–water partition coefficient (Wildman–Crippen LogP) is 2.28. The van der Waals surface area contributed by atoms with E-state index in [1.165, 1.54) is 10.9 Å². The Morgan fingerprint density at radius 1 is 1.35 bits per heavy atom. The van der Waals surface area contributed by atoms with Gasteiger partial charge in [-0.3, -0.25) is 4.98 Å². The molecule has 86 valence electrons. The summed E-state index contributed by atoms with van der Waals surface area (Å²) < 4.78 is 0. The third-order valence-corrected chi connectivity index (χ3v) is 2.75. The maximum atomic E-state index is 8.68. The molecule has 2 rings (SSSR count). The average Bonchev–Trinajstić information content (AvgIpc) is 2.39. The molecule has 0 amide bonds. The number of aromatic nitrogens is 1. The number of para-hydroxylation sites is 1. The second kappa shape index (κ2) is 5.42. The summed E-state index contributed by atoms with van der Waals surface area (Å²) in [6.07, 6.45) is 2.71. The largest absolute Gasteiger partial charge is 0.302 e. The van der Waals surface area contributed by atoms with Crippen molar-refractivity contribution >= 4 is 10.9 Å². The van der Waals surface area contributed by atoms with Crippen molar-refractivity contribution in [2.45, 2.75) is 19.4 Å². The molecular weight excluding hydrogens is 210 g/mol. The van der Waals surface area contributed by atoms with E-state index >= 15 is 0 Å². The second-order valence-corrected chi connectivity index (χ2v) is 4.05. The number of hydrogen-bond acceptors (Lipinski definition) is 3. The molecule has 0 bridgehead atoms. The molecule has 2 aromatic rings. The lowest BCUT2D eigenvalue weighted by atomic mass is 10.1. The summed E-state index contributed by atoms with van der Waals surface area (Å²) in [7, 11) is 0. The summed E-state index contributed by atoms with van der Waals surface area (Å²) in [6.45, 7) is 2.66. The molecule has 0 spiro atoms. The Bertz CT molecular complexity index is 537. The maximum absolute atomic E-state index is 8.68. The Labute approximate surface area is 101 Å². The molecule has 1 unspecified atom stereocenters. The summed E-state index contributed by atoms with van der Waals surface area (Å²) >= 11 is 0. The minimum absolute atomic E-state index is 0.0991. The van der Waals surface area contributed by atoms with Gasteiger partial charge in [-0.1, -0.05) is 24.3 Å². The van der Waals surface area contributed by atoms with E-state index in [1.807, 2.05) is 25.3 Å². The fourth-order valence-corrected chi connectivity index (χ4v) is 1.84. The number of hydrogen-bond donors (Lipinski definition) is 1. The predicted molar refractivity (Wildman–Crippen MR) is 68.5 cm³/mol. The SMILES string of the molecule is CC(C#N)NCCc1cccc2cccnc12. The lowest BCUT2D eigenvalue weighted by Crippen LogP contribution is -2.26. The topological polar surface area (TPSA) is 48.7 Å². The van der Waals surface area contributed by atoms with Crippen molar-refractivity contribution in [1.29, 1.82) is 5.26 Å². The van der Waals surface area contributed by atoms with Gasteiger partial charge in [-0.2, -0.15) is 5.26 Å². The Kier molecular flexibility index (Phi) is 3.69. The van der Waals surface area contributed by atoms with Crippen LogP contribution in [-0.2, 0) is 6.42 Å². The van der Waals surface area contributed by atoms with E-state index in [4.69, 9.17) is 5.26 Å². The van der Waals surface area contributed by atoms with Gasteiger partial charge in [-0.05, 0) is 25.0 Å². The number of benzene rings is 1. The minimum atomic E-state index is -0.0991. The standard InChI is InChI=1S/C14H15N3/c1-11(10-15)16-9-7-13-5-2-4-12-6-3-8-17-14(12)13/h2-6,8,11,16H,7,9H2,1H3. The molecule has 3 nitrogen and oxygen atoms in total. The van der Waals surface area contributed by atoms with E-state index in [-0.39, 0.29) is 6.04 Å². The van der Waals surface area contributed by atoms with Crippen LogP contribution in [0.3, 0.4) is 0 Å². The summed E-state index contributed by atoms with van der Waals surface area (Å²) in [6, 6.07) is 12.3. The highest BCUT2D eigenvalue weighted by atomic mass is 14.9. The van der Waals surface area contributed by atoms with Gasteiger partial charge >= 0.3 is 0 Å². The smallest absolute Gasteiger partial charge is 0.0924 e. The lowest BCUT2D eigenvalue weighted by molar-refractivity contribution is 0.641. The van der Waals surface area contributed by atoms with Gasteiger partial charge in [0.05, 0.1) is 17.6 Å². The molecule has 1 heterocycles. The first-order valence-electron chi connectivity index (χ1n) is 5.77. The molecule has 0 aliphatic carbocycles. The molecule has 0 radical (unpaired) electrons. The molecule has 0 aliphatic rings. The zero-order chi connectivity index (χ0) is 12.1. The van der Waals surface area contributed by atoms with Crippen molar-refractivity contribution in [1.82, 2.24) is 10.3 Å². The van der Waals surface area contributed by atoms with Gasteiger partial charge in [0.25, 0.3) is 0 Å². The average molecular weight is 225 g/mol. The van der Waals surface area contributed by atoms with Gasteiger partial charge in [0.1, 0.15) is 0 Å². The molecular formula is C14H15N3. The number of nitrogens with zero attached hydrogens (tertiary/aromatic N) is 2. The van der Waals surface area contributed by atoms with Gasteiger partial charge in [-0.25, -0.2) is 0 Å². The first-order valence-corrected chi connectivity index (χ1v) is 5.77. The van der Waals surface area contributed by atoms with E-state index < -0.39 is 0 Å². The molecule has 0 aliphatic heterocycles. The molecule has 1 aromatic carbocycles. The quantitative estimate of drug-likeness (QED) is 0.868. The maximum Gasteiger partial charge on any atom is 0.0924 e. The van der Waals surface area contributed by atoms with Gasteiger partial charge in [0, 0.05) is 18.1 Å². The highest BCUT2D eigenvalue weighted by Gasteiger charge is 2.02. The van der Waals surface area contributed by atoms with E-state index in [2.05, 4.69) is 34.6 Å². The minimum Gasteiger partial charge on any atom is -0.302 e. The van der Waals surface area contributed by atoms with Crippen LogP contribution in [0.1, 0.15) is 12.5 Å². The van der Waals surface area contributed by atoms with Crippen LogP contribution in [0.15, 0.2) is 36.5 Å². The van der Waals surface area contributed by atoms with E-state index in [1.54, 1.807) is 0 Å². The molecule has 0 fully saturated rings. The van der Waals surface area contributed by atoms with Crippen LogP contribution >= 0.6 is 0 Å². The summed E-state index contributed by atoms with van der Waals surface area (Å²) in [4.78, 5) is 4.41. The van der Waals surface area contributed by atoms with Crippen molar-refractivity contribution in [2.75, 3.05) is 6.54 Å². The van der Waals surface area contributed by atoms with Crippen molar-refractivity contribution in [3.05, 3.63) is 42.1 Å². The second-order valence-electron chi connectivity index (χ2n) is 4.05. The molecule has 17 heavy (non-hydrogen) atoms. The number of pyridine rings is 1. The Balaban J connectivity index is 2.11.